The van der Waals surface area contributed by atoms with E-state index in [1.807, 2.05) is 5.32 Å². The first kappa shape index (κ1) is 16.5. The van der Waals surface area contributed by atoms with Crippen LogP contribution in [0.1, 0.15) is 31.1 Å². The lowest BCUT2D eigenvalue weighted by Gasteiger charge is -2.13. The second-order valence-corrected chi connectivity index (χ2v) is 5.84. The van der Waals surface area contributed by atoms with Gasteiger partial charge < -0.3 is 5.32 Å². The molecular formula is C16H16F3N3O2. The minimum absolute atomic E-state index is 0.0721. The molecule has 1 N–H and O–H groups in total. The second-order valence-electron chi connectivity index (χ2n) is 5.84. The van der Waals surface area contributed by atoms with E-state index in [9.17, 15) is 22.8 Å². The fourth-order valence-electron chi connectivity index (χ4n) is 2.59. The maximum absolute atomic E-state index is 12.6. The van der Waals surface area contributed by atoms with E-state index in [0.717, 1.165) is 12.8 Å². The van der Waals surface area contributed by atoms with Gasteiger partial charge >= 0.3 is 6.18 Å². The predicted octanol–water partition coefficient (Wildman–Crippen LogP) is 2.34. The molecule has 1 amide bonds. The monoisotopic (exact) mass is 339 g/mol. The molecule has 0 atom stereocenters. The van der Waals surface area contributed by atoms with E-state index in [2.05, 4.69) is 4.98 Å². The zero-order valence-corrected chi connectivity index (χ0v) is 12.8. The maximum atomic E-state index is 12.6. The number of fused-ring (bicyclic) bond motifs is 1. The number of halogens is 3. The third-order valence-corrected chi connectivity index (χ3v) is 3.85. The number of amides is 1. The Bertz CT molecular complexity index is 825. The van der Waals surface area contributed by atoms with Crippen LogP contribution in [0.5, 0.6) is 0 Å². The molecule has 1 heterocycles. The molecule has 8 heteroatoms. The number of hydrogen-bond donors (Lipinski definition) is 1. The maximum Gasteiger partial charge on any atom is 0.405 e. The van der Waals surface area contributed by atoms with E-state index >= 15 is 0 Å². The Kier molecular flexibility index (Phi) is 4.29. The molecule has 0 bridgehead atoms. The third-order valence-electron chi connectivity index (χ3n) is 3.85. The van der Waals surface area contributed by atoms with Gasteiger partial charge in [-0.1, -0.05) is 12.1 Å². The molecule has 1 aromatic carbocycles. The highest BCUT2D eigenvalue weighted by Gasteiger charge is 2.29. The van der Waals surface area contributed by atoms with Crippen molar-refractivity contribution in [2.24, 2.45) is 0 Å². The Balaban J connectivity index is 1.80. The molecule has 5 nitrogen and oxygen atoms in total. The molecule has 1 fully saturated rings. The van der Waals surface area contributed by atoms with Gasteiger partial charge in [0.15, 0.2) is 0 Å². The Hall–Kier alpha value is -2.38. The van der Waals surface area contributed by atoms with Crippen molar-refractivity contribution in [2.45, 2.75) is 37.9 Å². The van der Waals surface area contributed by atoms with E-state index in [1.54, 1.807) is 28.8 Å². The number of aromatic nitrogens is 2. The molecule has 0 saturated heterocycles. The predicted molar refractivity (Wildman–Crippen MR) is 81.7 cm³/mol. The van der Waals surface area contributed by atoms with Crippen LogP contribution in [-0.2, 0) is 11.2 Å². The van der Waals surface area contributed by atoms with Gasteiger partial charge in [-0.05, 0) is 25.0 Å². The molecule has 0 spiro atoms. The average Bonchev–Trinajstić information content (AvgIpc) is 3.35. The van der Waals surface area contributed by atoms with Crippen LogP contribution in [0.15, 0.2) is 29.1 Å². The minimum atomic E-state index is -4.44. The van der Waals surface area contributed by atoms with E-state index < -0.39 is 18.6 Å². The number of benzene rings is 1. The fourth-order valence-corrected chi connectivity index (χ4v) is 2.59. The summed E-state index contributed by atoms with van der Waals surface area (Å²) in [5.74, 6) is -0.263. The minimum Gasteiger partial charge on any atom is -0.347 e. The summed E-state index contributed by atoms with van der Waals surface area (Å²) < 4.78 is 37.9. The Morgan fingerprint density at radius 1 is 1.29 bits per heavy atom. The van der Waals surface area contributed by atoms with Crippen LogP contribution in [0.3, 0.4) is 0 Å². The first-order valence-electron chi connectivity index (χ1n) is 7.69. The fraction of sp³-hybridized carbons (Fsp3) is 0.438. The zero-order chi connectivity index (χ0) is 17.3. The van der Waals surface area contributed by atoms with Crippen molar-refractivity contribution in [3.63, 3.8) is 0 Å². The number of para-hydroxylation sites is 1. The van der Waals surface area contributed by atoms with Crippen molar-refractivity contribution < 1.29 is 18.0 Å². The number of rotatable bonds is 5. The zero-order valence-electron chi connectivity index (χ0n) is 12.8. The second kappa shape index (κ2) is 6.26. The Morgan fingerprint density at radius 3 is 2.67 bits per heavy atom. The van der Waals surface area contributed by atoms with Gasteiger partial charge in [-0.15, -0.1) is 0 Å². The van der Waals surface area contributed by atoms with Gasteiger partial charge in [-0.25, -0.2) is 4.98 Å². The lowest BCUT2D eigenvalue weighted by atomic mass is 10.2. The van der Waals surface area contributed by atoms with Crippen LogP contribution < -0.4 is 10.9 Å². The highest BCUT2D eigenvalue weighted by molar-refractivity contribution is 5.78. The molecule has 1 aliphatic rings. The summed E-state index contributed by atoms with van der Waals surface area (Å²) in [5.41, 5.74) is 0.374. The summed E-state index contributed by atoms with van der Waals surface area (Å²) >= 11 is 0. The summed E-state index contributed by atoms with van der Waals surface area (Å²) in [6.07, 6.45) is -2.72. The van der Waals surface area contributed by atoms with E-state index in [1.165, 1.54) is 0 Å². The van der Waals surface area contributed by atoms with Gasteiger partial charge in [0.1, 0.15) is 12.4 Å². The number of carbonyl (C=O) groups is 1. The number of hydrogen-bond acceptors (Lipinski definition) is 3. The number of alkyl halides is 3. The van der Waals surface area contributed by atoms with Crippen molar-refractivity contribution in [2.75, 3.05) is 6.54 Å². The van der Waals surface area contributed by atoms with Crippen molar-refractivity contribution in [3.05, 3.63) is 40.4 Å². The molecule has 1 aliphatic carbocycles. The van der Waals surface area contributed by atoms with Crippen LogP contribution in [0, 0.1) is 0 Å². The highest BCUT2D eigenvalue weighted by atomic mass is 19.4. The van der Waals surface area contributed by atoms with E-state index in [4.69, 9.17) is 0 Å². The van der Waals surface area contributed by atoms with Crippen LogP contribution in [0.4, 0.5) is 13.2 Å². The molecule has 0 radical (unpaired) electrons. The third kappa shape index (κ3) is 3.74. The van der Waals surface area contributed by atoms with Gasteiger partial charge in [0.05, 0.1) is 10.9 Å². The lowest BCUT2D eigenvalue weighted by Crippen LogP contribution is -2.34. The number of nitrogens with one attached hydrogen (secondary N) is 1. The Morgan fingerprint density at radius 2 is 2.00 bits per heavy atom. The highest BCUT2D eigenvalue weighted by Crippen LogP contribution is 2.34. The van der Waals surface area contributed by atoms with Crippen LogP contribution >= 0.6 is 0 Å². The van der Waals surface area contributed by atoms with E-state index in [0.29, 0.717) is 16.7 Å². The summed E-state index contributed by atoms with van der Waals surface area (Å²) in [6.45, 7) is -1.35. The normalized spacial score (nSPS) is 14.8. The molecule has 0 unspecified atom stereocenters. The van der Waals surface area contributed by atoms with Crippen LogP contribution in [-0.4, -0.2) is 28.2 Å². The molecule has 24 heavy (non-hydrogen) atoms. The first-order valence-corrected chi connectivity index (χ1v) is 7.69. The first-order chi connectivity index (χ1) is 11.3. The van der Waals surface area contributed by atoms with E-state index in [-0.39, 0.29) is 24.4 Å². The molecule has 3 rings (SSSR count). The Labute approximate surface area is 135 Å². The van der Waals surface area contributed by atoms with Gasteiger partial charge in [0.2, 0.25) is 5.91 Å². The average molecular weight is 339 g/mol. The van der Waals surface area contributed by atoms with Crippen molar-refractivity contribution >= 4 is 16.8 Å². The molecule has 2 aromatic rings. The number of nitrogens with zero attached hydrogens (tertiary/aromatic N) is 2. The van der Waals surface area contributed by atoms with Gasteiger partial charge in [-0.3, -0.25) is 14.2 Å². The number of aryl methyl sites for hydroxylation is 1. The van der Waals surface area contributed by atoms with Crippen molar-refractivity contribution in [3.8, 4) is 0 Å². The summed E-state index contributed by atoms with van der Waals surface area (Å²) in [4.78, 5) is 28.6. The molecule has 128 valence electrons. The summed E-state index contributed by atoms with van der Waals surface area (Å²) in [6, 6.07) is 7.00. The largest absolute Gasteiger partial charge is 0.405 e. The molecule has 1 saturated carbocycles. The van der Waals surface area contributed by atoms with Crippen LogP contribution in [0.25, 0.3) is 10.9 Å². The summed E-state index contributed by atoms with van der Waals surface area (Å²) in [5, 5.41) is 2.34. The quantitative estimate of drug-likeness (QED) is 0.909. The van der Waals surface area contributed by atoms with Gasteiger partial charge in [-0.2, -0.15) is 13.2 Å². The lowest BCUT2D eigenvalue weighted by molar-refractivity contribution is -0.138. The van der Waals surface area contributed by atoms with Crippen molar-refractivity contribution in [1.82, 2.24) is 14.9 Å². The van der Waals surface area contributed by atoms with Gasteiger partial charge in [0, 0.05) is 18.9 Å². The summed E-state index contributed by atoms with van der Waals surface area (Å²) in [7, 11) is 0. The molecule has 1 aromatic heterocycles. The molecular weight excluding hydrogens is 323 g/mol. The SMILES string of the molecule is O=C(CCc1nc2ccccc2c(=O)n1C1CC1)NCC(F)(F)F. The van der Waals surface area contributed by atoms with Crippen LogP contribution in [0.2, 0.25) is 0 Å². The van der Waals surface area contributed by atoms with Crippen molar-refractivity contribution in [1.29, 1.82) is 0 Å². The topological polar surface area (TPSA) is 64.0 Å². The standard InChI is InChI=1S/C16H16F3N3O2/c17-16(18,19)9-20-14(23)8-7-13-21-12-4-2-1-3-11(12)15(24)22(13)10-5-6-10/h1-4,10H,5-9H2,(H,20,23). The smallest absolute Gasteiger partial charge is 0.347 e. The van der Waals surface area contributed by atoms with Gasteiger partial charge in [0.25, 0.3) is 5.56 Å². The number of carbonyl (C=O) groups excluding carboxylic acids is 1. The molecule has 0 aliphatic heterocycles.